The summed E-state index contributed by atoms with van der Waals surface area (Å²) in [6.45, 7) is 6.08. The molecule has 2 nitrogen and oxygen atoms in total. The Kier molecular flexibility index (Phi) is 5.78. The first kappa shape index (κ1) is 14.1. The fourth-order valence-electron chi connectivity index (χ4n) is 1.48. The maximum absolute atomic E-state index is 5.11. The standard InChI is InChI=1S/C14H15NO.C2H6/c1-11-3-5-12(6-4-11)15-13-7-9-14(16-2)10-8-13;1-2/h3-10,15H,1-2H3;1-2H3. The van der Waals surface area contributed by atoms with Crippen molar-refractivity contribution in [1.29, 1.82) is 0 Å². The molecular weight excluding hydrogens is 222 g/mol. The summed E-state index contributed by atoms with van der Waals surface area (Å²) >= 11 is 0. The fraction of sp³-hybridized carbons (Fsp3) is 0.250. The highest BCUT2D eigenvalue weighted by Crippen LogP contribution is 2.19. The molecule has 0 radical (unpaired) electrons. The predicted molar refractivity (Wildman–Crippen MR) is 78.8 cm³/mol. The number of benzene rings is 2. The third-order valence-corrected chi connectivity index (χ3v) is 2.43. The second-order valence-corrected chi connectivity index (χ2v) is 3.72. The summed E-state index contributed by atoms with van der Waals surface area (Å²) in [6, 6.07) is 16.2. The monoisotopic (exact) mass is 243 g/mol. The van der Waals surface area contributed by atoms with E-state index in [0.29, 0.717) is 0 Å². The molecule has 2 aromatic rings. The van der Waals surface area contributed by atoms with Gasteiger partial charge in [-0.25, -0.2) is 0 Å². The van der Waals surface area contributed by atoms with Gasteiger partial charge in [-0.3, -0.25) is 0 Å². The molecule has 0 spiro atoms. The van der Waals surface area contributed by atoms with Crippen LogP contribution in [0, 0.1) is 6.92 Å². The largest absolute Gasteiger partial charge is 0.497 e. The summed E-state index contributed by atoms with van der Waals surface area (Å²) in [5.41, 5.74) is 3.42. The minimum Gasteiger partial charge on any atom is -0.497 e. The molecule has 0 aliphatic rings. The van der Waals surface area contributed by atoms with Crippen molar-refractivity contribution in [2.45, 2.75) is 20.8 Å². The van der Waals surface area contributed by atoms with Crippen molar-refractivity contribution in [2.75, 3.05) is 12.4 Å². The molecule has 18 heavy (non-hydrogen) atoms. The van der Waals surface area contributed by atoms with Gasteiger partial charge in [0.25, 0.3) is 0 Å². The first-order valence-electron chi connectivity index (χ1n) is 6.26. The topological polar surface area (TPSA) is 21.3 Å². The third-order valence-electron chi connectivity index (χ3n) is 2.43. The lowest BCUT2D eigenvalue weighted by Crippen LogP contribution is -1.90. The molecule has 1 N–H and O–H groups in total. The molecule has 2 rings (SSSR count). The molecule has 0 saturated carbocycles. The fourth-order valence-corrected chi connectivity index (χ4v) is 1.48. The van der Waals surface area contributed by atoms with Gasteiger partial charge in [0.05, 0.1) is 7.11 Å². The minimum absolute atomic E-state index is 0.870. The molecule has 0 atom stereocenters. The van der Waals surface area contributed by atoms with E-state index in [4.69, 9.17) is 4.74 Å². The van der Waals surface area contributed by atoms with E-state index in [9.17, 15) is 0 Å². The van der Waals surface area contributed by atoms with Crippen LogP contribution in [0.2, 0.25) is 0 Å². The molecule has 0 unspecified atom stereocenters. The zero-order valence-corrected chi connectivity index (χ0v) is 11.5. The van der Waals surface area contributed by atoms with Gasteiger partial charge >= 0.3 is 0 Å². The normalized spacial score (nSPS) is 9.11. The lowest BCUT2D eigenvalue weighted by molar-refractivity contribution is 0.415. The Morgan fingerprint density at radius 3 is 1.67 bits per heavy atom. The zero-order chi connectivity index (χ0) is 13.4. The van der Waals surface area contributed by atoms with Crippen molar-refractivity contribution in [3.05, 3.63) is 54.1 Å². The van der Waals surface area contributed by atoms with Gasteiger partial charge in [-0.15, -0.1) is 0 Å². The number of hydrogen-bond acceptors (Lipinski definition) is 2. The second kappa shape index (κ2) is 7.38. The van der Waals surface area contributed by atoms with Gasteiger partial charge in [-0.1, -0.05) is 31.5 Å². The summed E-state index contributed by atoms with van der Waals surface area (Å²) in [7, 11) is 1.67. The van der Waals surface area contributed by atoms with Crippen LogP contribution in [0.15, 0.2) is 48.5 Å². The van der Waals surface area contributed by atoms with Crippen molar-refractivity contribution in [3.63, 3.8) is 0 Å². The molecule has 0 saturated heterocycles. The van der Waals surface area contributed by atoms with Crippen molar-refractivity contribution < 1.29 is 4.74 Å². The van der Waals surface area contributed by atoms with Crippen LogP contribution in [-0.4, -0.2) is 7.11 Å². The Morgan fingerprint density at radius 1 is 0.778 bits per heavy atom. The number of hydrogen-bond donors (Lipinski definition) is 1. The molecule has 96 valence electrons. The second-order valence-electron chi connectivity index (χ2n) is 3.72. The minimum atomic E-state index is 0.870. The summed E-state index contributed by atoms with van der Waals surface area (Å²) in [5, 5.41) is 3.33. The average molecular weight is 243 g/mol. The van der Waals surface area contributed by atoms with E-state index in [1.165, 1.54) is 5.56 Å². The zero-order valence-electron chi connectivity index (χ0n) is 11.5. The van der Waals surface area contributed by atoms with E-state index in [-0.39, 0.29) is 0 Å². The van der Waals surface area contributed by atoms with Gasteiger partial charge in [0.1, 0.15) is 5.75 Å². The van der Waals surface area contributed by atoms with E-state index in [0.717, 1.165) is 17.1 Å². The number of methoxy groups -OCH3 is 1. The van der Waals surface area contributed by atoms with E-state index < -0.39 is 0 Å². The Labute approximate surface area is 110 Å². The van der Waals surface area contributed by atoms with Gasteiger partial charge in [0, 0.05) is 11.4 Å². The lowest BCUT2D eigenvalue weighted by Gasteiger charge is -2.07. The van der Waals surface area contributed by atoms with Gasteiger partial charge in [0.2, 0.25) is 0 Å². The van der Waals surface area contributed by atoms with Crippen LogP contribution >= 0.6 is 0 Å². The number of aryl methyl sites for hydroxylation is 1. The third kappa shape index (κ3) is 4.13. The molecule has 0 aromatic heterocycles. The first-order valence-corrected chi connectivity index (χ1v) is 6.26. The molecule has 2 heteroatoms. The van der Waals surface area contributed by atoms with Crippen LogP contribution in [0.3, 0.4) is 0 Å². The Hall–Kier alpha value is -1.96. The molecule has 0 fully saturated rings. The summed E-state index contributed by atoms with van der Waals surface area (Å²) in [4.78, 5) is 0. The summed E-state index contributed by atoms with van der Waals surface area (Å²) < 4.78 is 5.11. The smallest absolute Gasteiger partial charge is 0.119 e. The summed E-state index contributed by atoms with van der Waals surface area (Å²) in [6.07, 6.45) is 0. The van der Waals surface area contributed by atoms with E-state index >= 15 is 0 Å². The Balaban J connectivity index is 0.000000771. The van der Waals surface area contributed by atoms with Crippen molar-refractivity contribution >= 4 is 11.4 Å². The van der Waals surface area contributed by atoms with Gasteiger partial charge < -0.3 is 10.1 Å². The number of rotatable bonds is 3. The highest BCUT2D eigenvalue weighted by molar-refractivity contribution is 5.60. The van der Waals surface area contributed by atoms with Gasteiger partial charge in [-0.05, 0) is 43.3 Å². The van der Waals surface area contributed by atoms with E-state index in [1.54, 1.807) is 7.11 Å². The predicted octanol–water partition coefficient (Wildman–Crippen LogP) is 4.77. The van der Waals surface area contributed by atoms with E-state index in [1.807, 2.05) is 38.1 Å². The maximum Gasteiger partial charge on any atom is 0.119 e. The van der Waals surface area contributed by atoms with Crippen LogP contribution in [0.1, 0.15) is 19.4 Å². The molecule has 0 heterocycles. The van der Waals surface area contributed by atoms with Crippen molar-refractivity contribution in [2.24, 2.45) is 0 Å². The van der Waals surface area contributed by atoms with Crippen molar-refractivity contribution in [3.8, 4) is 5.75 Å². The number of ether oxygens (including phenoxy) is 1. The molecule has 0 amide bonds. The molecule has 0 bridgehead atoms. The molecule has 0 aliphatic heterocycles. The van der Waals surface area contributed by atoms with Crippen molar-refractivity contribution in [1.82, 2.24) is 0 Å². The number of nitrogens with one attached hydrogen (secondary N) is 1. The highest BCUT2D eigenvalue weighted by atomic mass is 16.5. The lowest BCUT2D eigenvalue weighted by atomic mass is 10.2. The maximum atomic E-state index is 5.11. The SMILES string of the molecule is CC.COc1ccc(Nc2ccc(C)cc2)cc1. The Bertz CT molecular complexity index is 446. The molecule has 0 aliphatic carbocycles. The quantitative estimate of drug-likeness (QED) is 0.838. The van der Waals surface area contributed by atoms with E-state index in [2.05, 4.69) is 36.5 Å². The molecular formula is C16H21NO. The molecule has 2 aromatic carbocycles. The first-order chi connectivity index (χ1) is 8.78. The average Bonchev–Trinajstić information content (AvgIpc) is 2.44. The van der Waals surface area contributed by atoms with Gasteiger partial charge in [-0.2, -0.15) is 0 Å². The van der Waals surface area contributed by atoms with Crippen LogP contribution in [-0.2, 0) is 0 Å². The van der Waals surface area contributed by atoms with Crippen LogP contribution in [0.5, 0.6) is 5.75 Å². The van der Waals surface area contributed by atoms with Crippen LogP contribution < -0.4 is 10.1 Å². The van der Waals surface area contributed by atoms with Gasteiger partial charge in [0.15, 0.2) is 0 Å². The number of anilines is 2. The summed E-state index contributed by atoms with van der Waals surface area (Å²) in [5.74, 6) is 0.870. The highest BCUT2D eigenvalue weighted by Gasteiger charge is 1.95. The Morgan fingerprint density at radius 2 is 1.22 bits per heavy atom. The van der Waals surface area contributed by atoms with Crippen LogP contribution in [0.25, 0.3) is 0 Å². The van der Waals surface area contributed by atoms with Crippen LogP contribution in [0.4, 0.5) is 11.4 Å².